The lowest BCUT2D eigenvalue weighted by atomic mass is 9.98. The number of nitrogens with zero attached hydrogens (tertiary/aromatic N) is 2. The summed E-state index contributed by atoms with van der Waals surface area (Å²) in [6.07, 6.45) is 4.57. The molecule has 2 bridgehead atoms. The van der Waals surface area contributed by atoms with Gasteiger partial charge in [0.25, 0.3) is 0 Å². The van der Waals surface area contributed by atoms with Crippen LogP contribution in [0.4, 0.5) is 5.69 Å². The summed E-state index contributed by atoms with van der Waals surface area (Å²) in [7, 11) is 6.23. The molecule has 2 saturated heterocycles. The number of benzene rings is 1. The zero-order chi connectivity index (χ0) is 21.7. The van der Waals surface area contributed by atoms with Crippen LogP contribution in [0.2, 0.25) is 0 Å². The first-order valence-corrected chi connectivity index (χ1v) is 9.72. The maximum atomic E-state index is 12.5. The second kappa shape index (κ2) is 9.73. The van der Waals surface area contributed by atoms with Gasteiger partial charge in [0.15, 0.2) is 0 Å². The van der Waals surface area contributed by atoms with E-state index in [0.29, 0.717) is 12.1 Å². The molecule has 3 rings (SSSR count). The van der Waals surface area contributed by atoms with Crippen LogP contribution in [-0.2, 0) is 19.1 Å². The Hall–Kier alpha value is -2.61. The first-order chi connectivity index (χ1) is 13.6. The van der Waals surface area contributed by atoms with E-state index in [1.807, 2.05) is 33.2 Å². The van der Waals surface area contributed by atoms with Gasteiger partial charge in [-0.2, -0.15) is 0 Å². The van der Waals surface area contributed by atoms with E-state index in [1.54, 1.807) is 0 Å². The monoisotopic (exact) mass is 404 g/mol. The Labute approximate surface area is 171 Å². The number of rotatable bonds is 4. The highest BCUT2D eigenvalue weighted by atomic mass is 16.5. The van der Waals surface area contributed by atoms with Crippen LogP contribution in [0.5, 0.6) is 0 Å². The van der Waals surface area contributed by atoms with Crippen LogP contribution < -0.4 is 15.1 Å². The van der Waals surface area contributed by atoms with Crippen molar-refractivity contribution in [1.29, 1.82) is 0 Å². The number of hydrogen-bond donors (Lipinski definition) is 0. The zero-order valence-corrected chi connectivity index (χ0v) is 17.3. The van der Waals surface area contributed by atoms with Crippen molar-refractivity contribution in [3.05, 3.63) is 29.8 Å². The number of aliphatic carboxylic acids is 2. The summed E-state index contributed by atoms with van der Waals surface area (Å²) in [4.78, 5) is 34.9. The van der Waals surface area contributed by atoms with Crippen molar-refractivity contribution in [1.82, 2.24) is 4.90 Å². The average Bonchev–Trinajstić information content (AvgIpc) is 2.89. The maximum absolute atomic E-state index is 12.5. The fourth-order valence-electron chi connectivity index (χ4n) is 3.92. The number of piperidine rings is 1. The van der Waals surface area contributed by atoms with Crippen molar-refractivity contribution in [2.24, 2.45) is 0 Å². The molecule has 0 spiro atoms. The molecule has 1 aromatic carbocycles. The van der Waals surface area contributed by atoms with Crippen molar-refractivity contribution in [2.45, 2.75) is 56.7 Å². The minimum absolute atomic E-state index is 0.0865. The Morgan fingerprint density at radius 3 is 1.93 bits per heavy atom. The van der Waals surface area contributed by atoms with Gasteiger partial charge in [-0.3, -0.25) is 4.79 Å². The van der Waals surface area contributed by atoms with Gasteiger partial charge in [-0.05, 0) is 57.4 Å². The van der Waals surface area contributed by atoms with E-state index in [2.05, 4.69) is 29.0 Å². The molecule has 2 aliphatic rings. The fourth-order valence-corrected chi connectivity index (χ4v) is 3.92. The van der Waals surface area contributed by atoms with Gasteiger partial charge in [-0.25, -0.2) is 0 Å². The van der Waals surface area contributed by atoms with E-state index < -0.39 is 11.9 Å². The Morgan fingerprint density at radius 2 is 1.52 bits per heavy atom. The molecule has 29 heavy (non-hydrogen) atoms. The Balaban J connectivity index is 0.000000438. The number of ether oxygens (including phenoxy) is 1. The number of carbonyl (C=O) groups excluding carboxylic acids is 3. The largest absolute Gasteiger partial charge is 0.543 e. The molecule has 0 amide bonds. The predicted octanol–water partition coefficient (Wildman–Crippen LogP) is -0.489. The van der Waals surface area contributed by atoms with Crippen molar-refractivity contribution in [3.8, 4) is 0 Å². The molecule has 8 heteroatoms. The van der Waals surface area contributed by atoms with Crippen LogP contribution in [-0.4, -0.2) is 62.1 Å². The quantitative estimate of drug-likeness (QED) is 0.488. The third-order valence-corrected chi connectivity index (χ3v) is 5.77. The summed E-state index contributed by atoms with van der Waals surface area (Å²) in [6.45, 7) is 1.94. The number of carbonyl (C=O) groups is 3. The molecular weight excluding hydrogens is 376 g/mol. The summed E-state index contributed by atoms with van der Waals surface area (Å²) in [5.41, 5.74) is 2.16. The van der Waals surface area contributed by atoms with Crippen LogP contribution in [0.15, 0.2) is 24.3 Å². The number of carboxylic acid groups (broad SMARTS) is 2. The molecule has 2 aliphatic heterocycles. The predicted molar refractivity (Wildman–Crippen MR) is 103 cm³/mol. The normalized spacial score (nSPS) is 24.1. The molecule has 0 aromatic heterocycles. The van der Waals surface area contributed by atoms with E-state index in [0.717, 1.165) is 24.1 Å². The van der Waals surface area contributed by atoms with E-state index in [1.165, 1.54) is 12.8 Å². The molecular formula is C21H28N2O6-2. The summed E-state index contributed by atoms with van der Waals surface area (Å²) in [5, 5.41) is 17.9. The second-order valence-electron chi connectivity index (χ2n) is 7.86. The Morgan fingerprint density at radius 1 is 1.03 bits per heavy atom. The highest BCUT2D eigenvalue weighted by Gasteiger charge is 2.40. The number of hydrogen-bond acceptors (Lipinski definition) is 8. The average molecular weight is 404 g/mol. The molecule has 160 valence electrons. The van der Waals surface area contributed by atoms with Gasteiger partial charge in [0.05, 0.1) is 17.9 Å². The summed E-state index contributed by atoms with van der Waals surface area (Å²) in [6, 6.07) is 9.35. The summed E-state index contributed by atoms with van der Waals surface area (Å²) >= 11 is 0. The van der Waals surface area contributed by atoms with Gasteiger partial charge in [-0.1, -0.05) is 12.1 Å². The third kappa shape index (κ3) is 5.93. The Kier molecular flexibility index (Phi) is 7.61. The number of fused-ring (bicyclic) bond motifs is 2. The third-order valence-electron chi connectivity index (χ3n) is 5.77. The molecule has 0 aliphatic carbocycles. The van der Waals surface area contributed by atoms with Crippen molar-refractivity contribution < 1.29 is 29.3 Å². The highest BCUT2D eigenvalue weighted by Crippen LogP contribution is 2.36. The fraction of sp³-hybridized carbons (Fsp3) is 0.571. The van der Waals surface area contributed by atoms with E-state index in [9.17, 15) is 4.79 Å². The molecule has 8 nitrogen and oxygen atoms in total. The first kappa shape index (κ1) is 22.7. The molecule has 2 fully saturated rings. The second-order valence-corrected chi connectivity index (χ2v) is 7.86. The zero-order valence-electron chi connectivity index (χ0n) is 17.3. The molecule has 1 aromatic rings. The molecule has 3 atom stereocenters. The smallest absolute Gasteiger partial charge is 0.313 e. The van der Waals surface area contributed by atoms with Gasteiger partial charge in [0.1, 0.15) is 6.10 Å². The number of esters is 1. The van der Waals surface area contributed by atoms with Crippen LogP contribution in [0.3, 0.4) is 0 Å². The van der Waals surface area contributed by atoms with Crippen LogP contribution in [0, 0.1) is 0 Å². The maximum Gasteiger partial charge on any atom is 0.313 e. The van der Waals surface area contributed by atoms with Gasteiger partial charge in [0, 0.05) is 31.9 Å². The van der Waals surface area contributed by atoms with Gasteiger partial charge < -0.3 is 34.3 Å². The minimum atomic E-state index is -2.19. The van der Waals surface area contributed by atoms with Crippen LogP contribution >= 0.6 is 0 Å². The number of anilines is 1. The lowest BCUT2D eigenvalue weighted by Crippen LogP contribution is -2.43. The van der Waals surface area contributed by atoms with Gasteiger partial charge in [0.2, 0.25) is 0 Å². The number of carboxylic acids is 2. The van der Waals surface area contributed by atoms with Gasteiger partial charge >= 0.3 is 5.97 Å². The topological polar surface area (TPSA) is 113 Å². The minimum Gasteiger partial charge on any atom is -0.543 e. The summed E-state index contributed by atoms with van der Waals surface area (Å²) < 4.78 is 5.84. The molecule has 0 radical (unpaired) electrons. The standard InChI is InChI=1S/C19H28N2O2.C2H2O4/c1-13(14-5-7-15(8-6-14)20(2)3)19(22)23-18-11-16-9-10-17(12-18)21(16)4;3-1(4)2(5)6/h5-8,13,16-18H,9-12H2,1-4H3;(H,3,4)(H,5,6)/p-2. The van der Waals surface area contributed by atoms with E-state index >= 15 is 0 Å². The van der Waals surface area contributed by atoms with E-state index in [4.69, 9.17) is 24.5 Å². The van der Waals surface area contributed by atoms with Crippen molar-refractivity contribution in [2.75, 3.05) is 26.0 Å². The molecule has 3 unspecified atom stereocenters. The highest BCUT2D eigenvalue weighted by molar-refractivity contribution is 6.25. The first-order valence-electron chi connectivity index (χ1n) is 9.72. The van der Waals surface area contributed by atoms with Crippen LogP contribution in [0.25, 0.3) is 0 Å². The SMILES string of the molecule is CC(C(=O)OC1CC2CCC(C1)N2C)c1ccc(N(C)C)cc1.O=C([O-])C(=O)[O-]. The molecule has 2 heterocycles. The van der Waals surface area contributed by atoms with Crippen LogP contribution in [0.1, 0.15) is 44.1 Å². The lowest BCUT2D eigenvalue weighted by Gasteiger charge is -2.36. The van der Waals surface area contributed by atoms with Gasteiger partial charge in [-0.15, -0.1) is 0 Å². The van der Waals surface area contributed by atoms with E-state index in [-0.39, 0.29) is 18.0 Å². The summed E-state index contributed by atoms with van der Waals surface area (Å²) in [5.74, 6) is -4.66. The molecule has 0 saturated carbocycles. The molecule has 0 N–H and O–H groups in total. The van der Waals surface area contributed by atoms with Crippen molar-refractivity contribution >= 4 is 23.6 Å². The lowest BCUT2D eigenvalue weighted by molar-refractivity contribution is -0.345. The van der Waals surface area contributed by atoms with Crippen molar-refractivity contribution in [3.63, 3.8) is 0 Å². The Bertz CT molecular complexity index is 707.